The van der Waals surface area contributed by atoms with Crippen molar-refractivity contribution in [2.24, 2.45) is 12.5 Å². The predicted octanol–water partition coefficient (Wildman–Crippen LogP) is 0.996. The highest BCUT2D eigenvalue weighted by Gasteiger charge is 2.48. The summed E-state index contributed by atoms with van der Waals surface area (Å²) in [5, 5.41) is 13.5. The molecule has 22 heavy (non-hydrogen) atoms. The van der Waals surface area contributed by atoms with Crippen molar-refractivity contribution >= 4 is 16.0 Å². The number of sulfonamides is 1. The van der Waals surface area contributed by atoms with Gasteiger partial charge >= 0.3 is 5.97 Å². The number of aromatic nitrogens is 2. The molecule has 1 aromatic rings. The van der Waals surface area contributed by atoms with Gasteiger partial charge in [-0.2, -0.15) is 9.40 Å². The number of aliphatic carboxylic acids is 1. The molecule has 1 aromatic heterocycles. The summed E-state index contributed by atoms with van der Waals surface area (Å²) in [5.41, 5.74) is 0.130. The van der Waals surface area contributed by atoms with Gasteiger partial charge in [0, 0.05) is 20.1 Å². The van der Waals surface area contributed by atoms with E-state index in [9.17, 15) is 18.3 Å². The summed E-state index contributed by atoms with van der Waals surface area (Å²) in [6, 6.07) is 1.47. The van der Waals surface area contributed by atoms with Crippen LogP contribution in [-0.4, -0.2) is 46.7 Å². The van der Waals surface area contributed by atoms with Crippen LogP contribution in [0.2, 0.25) is 0 Å². The maximum absolute atomic E-state index is 12.6. The smallest absolute Gasteiger partial charge is 0.313 e. The fourth-order valence-electron chi connectivity index (χ4n) is 3.25. The third-order valence-electron chi connectivity index (χ3n) is 4.78. The summed E-state index contributed by atoms with van der Waals surface area (Å²) < 4.78 is 27.8. The largest absolute Gasteiger partial charge is 0.481 e. The predicted molar refractivity (Wildman–Crippen MR) is 78.6 cm³/mol. The molecule has 2 aliphatic rings. The van der Waals surface area contributed by atoms with Gasteiger partial charge in [0.05, 0.1) is 11.6 Å². The first kappa shape index (κ1) is 15.2. The Morgan fingerprint density at radius 2 is 2.14 bits per heavy atom. The Balaban J connectivity index is 1.82. The van der Waals surface area contributed by atoms with Gasteiger partial charge in [0.2, 0.25) is 0 Å². The summed E-state index contributed by atoms with van der Waals surface area (Å²) in [7, 11) is -2.00. The Hall–Kier alpha value is -1.67. The van der Waals surface area contributed by atoms with Crippen LogP contribution in [0, 0.1) is 5.41 Å². The van der Waals surface area contributed by atoms with Gasteiger partial charge in [0.25, 0.3) is 10.0 Å². The lowest BCUT2D eigenvalue weighted by Gasteiger charge is -2.42. The zero-order valence-corrected chi connectivity index (χ0v) is 13.2. The van der Waals surface area contributed by atoms with E-state index in [1.807, 2.05) is 0 Å². The van der Waals surface area contributed by atoms with Crippen LogP contribution in [0.1, 0.15) is 25.7 Å². The molecule has 7 nitrogen and oxygen atoms in total. The SMILES string of the molecule is Cn1nccc1S(=O)(=O)N1CC=C(C2(C(=O)O)CCC2)CC1. The van der Waals surface area contributed by atoms with E-state index in [0.29, 0.717) is 25.8 Å². The molecule has 0 saturated heterocycles. The summed E-state index contributed by atoms with van der Waals surface area (Å²) in [4.78, 5) is 11.5. The lowest BCUT2D eigenvalue weighted by Crippen LogP contribution is -2.44. The number of carboxylic acids is 1. The maximum Gasteiger partial charge on any atom is 0.313 e. The molecule has 0 spiro atoms. The van der Waals surface area contributed by atoms with Gasteiger partial charge in [-0.05, 0) is 25.3 Å². The molecular formula is C14H19N3O4S. The van der Waals surface area contributed by atoms with Gasteiger partial charge < -0.3 is 5.11 Å². The van der Waals surface area contributed by atoms with E-state index in [2.05, 4.69) is 5.10 Å². The third kappa shape index (κ3) is 2.17. The molecule has 0 radical (unpaired) electrons. The van der Waals surface area contributed by atoms with E-state index in [0.717, 1.165) is 12.0 Å². The van der Waals surface area contributed by atoms with Crippen LogP contribution in [0.3, 0.4) is 0 Å². The van der Waals surface area contributed by atoms with Crippen LogP contribution in [0.25, 0.3) is 0 Å². The monoisotopic (exact) mass is 325 g/mol. The van der Waals surface area contributed by atoms with Gasteiger partial charge in [0.1, 0.15) is 0 Å². The first-order valence-corrected chi connectivity index (χ1v) is 8.73. The summed E-state index contributed by atoms with van der Waals surface area (Å²) >= 11 is 0. The second-order valence-electron chi connectivity index (χ2n) is 5.88. The first-order valence-electron chi connectivity index (χ1n) is 7.29. The number of nitrogens with zero attached hydrogens (tertiary/aromatic N) is 3. The van der Waals surface area contributed by atoms with E-state index < -0.39 is 21.4 Å². The fraction of sp³-hybridized carbons (Fsp3) is 0.571. The molecule has 0 bridgehead atoms. The number of hydrogen-bond acceptors (Lipinski definition) is 4. The lowest BCUT2D eigenvalue weighted by atomic mass is 9.63. The molecule has 1 aliphatic heterocycles. The van der Waals surface area contributed by atoms with Crippen LogP contribution >= 0.6 is 0 Å². The molecule has 8 heteroatoms. The van der Waals surface area contributed by atoms with Gasteiger partial charge in [-0.15, -0.1) is 0 Å². The molecule has 1 fully saturated rings. The lowest BCUT2D eigenvalue weighted by molar-refractivity contribution is -0.151. The minimum absolute atomic E-state index is 0.154. The maximum atomic E-state index is 12.6. The Morgan fingerprint density at radius 1 is 1.41 bits per heavy atom. The van der Waals surface area contributed by atoms with Crippen molar-refractivity contribution in [3.63, 3.8) is 0 Å². The van der Waals surface area contributed by atoms with Crippen LogP contribution in [0.15, 0.2) is 28.9 Å². The van der Waals surface area contributed by atoms with Crippen LogP contribution in [0.5, 0.6) is 0 Å². The van der Waals surface area contributed by atoms with Gasteiger partial charge in [-0.1, -0.05) is 18.1 Å². The second-order valence-corrected chi connectivity index (χ2v) is 7.76. The average Bonchev–Trinajstić information content (AvgIpc) is 2.84. The number of carboxylic acid groups (broad SMARTS) is 1. The molecule has 0 aromatic carbocycles. The molecule has 1 N–H and O–H groups in total. The van der Waals surface area contributed by atoms with Gasteiger partial charge in [-0.3, -0.25) is 9.48 Å². The Labute approximate surface area is 129 Å². The number of hydrogen-bond donors (Lipinski definition) is 1. The highest BCUT2D eigenvalue weighted by Crippen LogP contribution is 2.49. The van der Waals surface area contributed by atoms with Crippen molar-refractivity contribution in [2.75, 3.05) is 13.1 Å². The standard InChI is InChI=1S/C14H19N3O4S/c1-16-12(3-8-15-16)22(20,21)17-9-4-11(5-10-17)14(13(18)19)6-2-7-14/h3-4,8H,2,5-7,9-10H2,1H3,(H,18,19). The topological polar surface area (TPSA) is 92.5 Å². The van der Waals surface area contributed by atoms with E-state index in [1.165, 1.54) is 21.3 Å². The average molecular weight is 325 g/mol. The van der Waals surface area contributed by atoms with E-state index in [4.69, 9.17) is 0 Å². The van der Waals surface area contributed by atoms with Crippen molar-refractivity contribution in [2.45, 2.75) is 30.7 Å². The molecule has 2 heterocycles. The Bertz CT molecular complexity index is 731. The molecular weight excluding hydrogens is 306 g/mol. The Kier molecular flexibility index (Phi) is 3.60. The van der Waals surface area contributed by atoms with Crippen molar-refractivity contribution < 1.29 is 18.3 Å². The summed E-state index contributed by atoms with van der Waals surface area (Å²) in [6.07, 6.45) is 5.94. The van der Waals surface area contributed by atoms with Gasteiger partial charge in [0.15, 0.2) is 5.03 Å². The number of carbonyl (C=O) groups is 1. The minimum Gasteiger partial charge on any atom is -0.481 e. The summed E-state index contributed by atoms with van der Waals surface area (Å²) in [5.74, 6) is -0.784. The normalized spacial score (nSPS) is 22.0. The molecule has 0 atom stereocenters. The van der Waals surface area contributed by atoms with Crippen LogP contribution in [-0.2, 0) is 21.9 Å². The fourth-order valence-corrected chi connectivity index (χ4v) is 4.73. The quantitative estimate of drug-likeness (QED) is 0.834. The van der Waals surface area contributed by atoms with Crippen molar-refractivity contribution in [3.8, 4) is 0 Å². The summed E-state index contributed by atoms with van der Waals surface area (Å²) in [6.45, 7) is 0.534. The zero-order valence-electron chi connectivity index (χ0n) is 12.4. The molecule has 0 amide bonds. The molecule has 3 rings (SSSR count). The van der Waals surface area contributed by atoms with E-state index >= 15 is 0 Å². The highest BCUT2D eigenvalue weighted by atomic mass is 32.2. The zero-order chi connectivity index (χ0) is 16.0. The first-order chi connectivity index (χ1) is 10.4. The third-order valence-corrected chi connectivity index (χ3v) is 6.72. The number of rotatable bonds is 4. The number of aryl methyl sites for hydroxylation is 1. The molecule has 0 unspecified atom stereocenters. The molecule has 1 aliphatic carbocycles. The second kappa shape index (κ2) is 5.20. The molecule has 1 saturated carbocycles. The van der Waals surface area contributed by atoms with Crippen molar-refractivity contribution in [3.05, 3.63) is 23.9 Å². The van der Waals surface area contributed by atoms with Crippen molar-refractivity contribution in [1.82, 2.24) is 14.1 Å². The molecule has 120 valence electrons. The minimum atomic E-state index is -3.59. The van der Waals surface area contributed by atoms with Crippen LogP contribution in [0.4, 0.5) is 0 Å². The Morgan fingerprint density at radius 3 is 2.55 bits per heavy atom. The van der Waals surface area contributed by atoms with Crippen molar-refractivity contribution in [1.29, 1.82) is 0 Å². The van der Waals surface area contributed by atoms with Crippen LogP contribution < -0.4 is 0 Å². The van der Waals surface area contributed by atoms with Gasteiger partial charge in [-0.25, -0.2) is 8.42 Å². The highest BCUT2D eigenvalue weighted by molar-refractivity contribution is 7.89. The van der Waals surface area contributed by atoms with E-state index in [-0.39, 0.29) is 11.6 Å². The van der Waals surface area contributed by atoms with E-state index in [1.54, 1.807) is 13.1 Å².